The van der Waals surface area contributed by atoms with Crippen LogP contribution in [0.1, 0.15) is 0 Å². The lowest BCUT2D eigenvalue weighted by atomic mass is 10.1. The number of methoxy groups -OCH3 is 1. The van der Waals surface area contributed by atoms with Crippen LogP contribution >= 0.6 is 11.3 Å². The Labute approximate surface area is 198 Å². The number of hydrogen-bond donors (Lipinski definition) is 2. The van der Waals surface area contributed by atoms with Gasteiger partial charge in [0.15, 0.2) is 5.69 Å². The Bertz CT molecular complexity index is 1520. The van der Waals surface area contributed by atoms with Gasteiger partial charge < -0.3 is 9.84 Å². The van der Waals surface area contributed by atoms with Gasteiger partial charge in [0.25, 0.3) is 0 Å². The van der Waals surface area contributed by atoms with Crippen LogP contribution in [0.15, 0.2) is 99.3 Å². The predicted octanol–water partition coefficient (Wildman–Crippen LogP) is 6.09. The van der Waals surface area contributed by atoms with E-state index < -0.39 is 5.56 Å². The summed E-state index contributed by atoms with van der Waals surface area (Å²) >= 11 is 1.33. The maximum Gasteiger partial charge on any atom is 0.301 e. The SMILES string of the molecule is COc1ccc(-c2csc(-n3[nH]c(-c4ccccc4)c(N=Nc4ccccc4O)c3=O)n2)cc1. The zero-order valence-electron chi connectivity index (χ0n) is 18.0. The standard InChI is InChI=1S/C25H19N5O3S/c1-33-18-13-11-16(12-14-18)20-15-34-25(26-20)30-24(32)23(22(29-30)17-7-3-2-4-8-17)28-27-19-9-5-6-10-21(19)31/h2-15,29,31H,1H3. The zero-order chi connectivity index (χ0) is 23.5. The van der Waals surface area contributed by atoms with Gasteiger partial charge in [-0.3, -0.25) is 9.89 Å². The van der Waals surface area contributed by atoms with Gasteiger partial charge in [0, 0.05) is 16.5 Å². The Morgan fingerprint density at radius 2 is 1.68 bits per heavy atom. The van der Waals surface area contributed by atoms with Crippen LogP contribution in [-0.2, 0) is 0 Å². The van der Waals surface area contributed by atoms with Crippen molar-refractivity contribution in [2.75, 3.05) is 7.11 Å². The number of aromatic hydroxyl groups is 1. The molecule has 0 saturated carbocycles. The molecule has 0 saturated heterocycles. The topological polar surface area (TPSA) is 105 Å². The molecule has 0 aliphatic carbocycles. The molecular weight excluding hydrogens is 450 g/mol. The molecule has 3 aromatic carbocycles. The summed E-state index contributed by atoms with van der Waals surface area (Å²) < 4.78 is 6.57. The number of nitrogens with one attached hydrogen (secondary N) is 1. The molecule has 0 amide bonds. The summed E-state index contributed by atoms with van der Waals surface area (Å²) in [5.41, 5.74) is 2.92. The van der Waals surface area contributed by atoms with E-state index in [1.54, 1.807) is 25.3 Å². The van der Waals surface area contributed by atoms with E-state index >= 15 is 0 Å². The molecule has 5 rings (SSSR count). The number of hydrogen-bond acceptors (Lipinski definition) is 7. The minimum absolute atomic E-state index is 0.0209. The number of H-pyrrole nitrogens is 1. The number of phenols is 1. The molecule has 0 atom stereocenters. The van der Waals surface area contributed by atoms with Crippen molar-refractivity contribution in [3.05, 3.63) is 94.6 Å². The van der Waals surface area contributed by atoms with Crippen LogP contribution in [0.4, 0.5) is 11.4 Å². The summed E-state index contributed by atoms with van der Waals surface area (Å²) in [5, 5.41) is 23.8. The fourth-order valence-corrected chi connectivity index (χ4v) is 4.17. The molecule has 0 bridgehead atoms. The number of aromatic amines is 1. The molecule has 9 heteroatoms. The van der Waals surface area contributed by atoms with E-state index in [0.29, 0.717) is 10.8 Å². The highest BCUT2D eigenvalue weighted by atomic mass is 32.1. The lowest BCUT2D eigenvalue weighted by molar-refractivity contribution is 0.415. The predicted molar refractivity (Wildman–Crippen MR) is 132 cm³/mol. The smallest absolute Gasteiger partial charge is 0.301 e. The normalized spacial score (nSPS) is 11.2. The third-order valence-electron chi connectivity index (χ3n) is 5.14. The third kappa shape index (κ3) is 4.12. The third-order valence-corrected chi connectivity index (χ3v) is 5.96. The fourth-order valence-electron chi connectivity index (χ4n) is 3.38. The second-order valence-electron chi connectivity index (χ2n) is 7.27. The Morgan fingerprint density at radius 1 is 0.941 bits per heavy atom. The molecule has 0 radical (unpaired) electrons. The molecule has 168 valence electrons. The number of azo groups is 1. The van der Waals surface area contributed by atoms with Crippen LogP contribution < -0.4 is 10.3 Å². The van der Waals surface area contributed by atoms with Crippen LogP contribution in [0.25, 0.3) is 27.6 Å². The monoisotopic (exact) mass is 469 g/mol. The van der Waals surface area contributed by atoms with Gasteiger partial charge in [-0.15, -0.1) is 21.6 Å². The van der Waals surface area contributed by atoms with Crippen molar-refractivity contribution >= 4 is 22.7 Å². The van der Waals surface area contributed by atoms with E-state index in [0.717, 1.165) is 22.6 Å². The van der Waals surface area contributed by atoms with Gasteiger partial charge in [0.05, 0.1) is 18.5 Å². The Kier molecular flexibility index (Phi) is 5.75. The Hall–Kier alpha value is -4.50. The maximum absolute atomic E-state index is 13.4. The number of para-hydroxylation sites is 1. The Balaban J connectivity index is 1.58. The number of aromatic nitrogens is 3. The summed E-state index contributed by atoms with van der Waals surface area (Å²) in [7, 11) is 1.62. The summed E-state index contributed by atoms with van der Waals surface area (Å²) in [6, 6.07) is 23.5. The van der Waals surface area contributed by atoms with Gasteiger partial charge in [0.1, 0.15) is 17.2 Å². The van der Waals surface area contributed by atoms with Crippen molar-refractivity contribution in [2.24, 2.45) is 10.2 Å². The number of ether oxygens (including phenoxy) is 1. The van der Waals surface area contributed by atoms with Gasteiger partial charge in [-0.25, -0.2) is 4.98 Å². The van der Waals surface area contributed by atoms with E-state index in [4.69, 9.17) is 4.74 Å². The Morgan fingerprint density at radius 3 is 2.41 bits per heavy atom. The first kappa shape index (κ1) is 21.4. The summed E-state index contributed by atoms with van der Waals surface area (Å²) in [5.74, 6) is 0.735. The minimum Gasteiger partial charge on any atom is -0.506 e. The number of nitrogens with zero attached hydrogens (tertiary/aromatic N) is 4. The maximum atomic E-state index is 13.4. The molecule has 8 nitrogen and oxygen atoms in total. The number of benzene rings is 3. The largest absolute Gasteiger partial charge is 0.506 e. The average molecular weight is 470 g/mol. The summed E-state index contributed by atoms with van der Waals surface area (Å²) in [6.07, 6.45) is 0. The second-order valence-corrected chi connectivity index (χ2v) is 8.11. The molecule has 2 aromatic heterocycles. The van der Waals surface area contributed by atoms with Crippen molar-refractivity contribution in [2.45, 2.75) is 0 Å². The molecule has 0 spiro atoms. The highest BCUT2D eigenvalue weighted by molar-refractivity contribution is 7.12. The van der Waals surface area contributed by atoms with Crippen molar-refractivity contribution < 1.29 is 9.84 Å². The van der Waals surface area contributed by atoms with Gasteiger partial charge >= 0.3 is 5.56 Å². The van der Waals surface area contributed by atoms with Crippen molar-refractivity contribution in [3.8, 4) is 39.1 Å². The number of phenolic OH excluding ortho intramolecular Hbond substituents is 1. The highest BCUT2D eigenvalue weighted by Crippen LogP contribution is 2.32. The minimum atomic E-state index is -0.395. The van der Waals surface area contributed by atoms with E-state index in [-0.39, 0.29) is 17.1 Å². The summed E-state index contributed by atoms with van der Waals surface area (Å²) in [4.78, 5) is 18.0. The first-order chi connectivity index (χ1) is 16.6. The van der Waals surface area contributed by atoms with Crippen LogP contribution in [0.2, 0.25) is 0 Å². The molecule has 0 fully saturated rings. The van der Waals surface area contributed by atoms with E-state index in [1.165, 1.54) is 22.1 Å². The molecule has 0 aliphatic heterocycles. The van der Waals surface area contributed by atoms with Crippen LogP contribution in [0.5, 0.6) is 11.5 Å². The van der Waals surface area contributed by atoms with Gasteiger partial charge in [-0.2, -0.15) is 4.68 Å². The first-order valence-electron chi connectivity index (χ1n) is 10.3. The summed E-state index contributed by atoms with van der Waals surface area (Å²) in [6.45, 7) is 0. The van der Waals surface area contributed by atoms with Crippen molar-refractivity contribution in [3.63, 3.8) is 0 Å². The second kappa shape index (κ2) is 9.16. The molecule has 0 unspecified atom stereocenters. The molecular formula is C25H19N5O3S. The van der Waals surface area contributed by atoms with E-state index in [9.17, 15) is 9.90 Å². The van der Waals surface area contributed by atoms with Gasteiger partial charge in [-0.05, 0) is 36.4 Å². The fraction of sp³-hybridized carbons (Fsp3) is 0.0400. The first-order valence-corrected chi connectivity index (χ1v) is 11.2. The van der Waals surface area contributed by atoms with Crippen LogP contribution in [-0.4, -0.2) is 27.0 Å². The molecule has 34 heavy (non-hydrogen) atoms. The molecule has 5 aromatic rings. The quantitative estimate of drug-likeness (QED) is 0.294. The van der Waals surface area contributed by atoms with E-state index in [2.05, 4.69) is 20.3 Å². The molecule has 2 N–H and O–H groups in total. The van der Waals surface area contributed by atoms with Gasteiger partial charge in [0.2, 0.25) is 5.13 Å². The lowest BCUT2D eigenvalue weighted by Gasteiger charge is -2.00. The van der Waals surface area contributed by atoms with Crippen LogP contribution in [0, 0.1) is 0 Å². The zero-order valence-corrected chi connectivity index (χ0v) is 18.9. The number of thiazole rings is 1. The van der Waals surface area contributed by atoms with E-state index in [1.807, 2.05) is 60.0 Å². The number of rotatable bonds is 6. The highest BCUT2D eigenvalue weighted by Gasteiger charge is 2.19. The average Bonchev–Trinajstić information content (AvgIpc) is 3.49. The van der Waals surface area contributed by atoms with Crippen molar-refractivity contribution in [1.29, 1.82) is 0 Å². The lowest BCUT2D eigenvalue weighted by Crippen LogP contribution is -2.13. The van der Waals surface area contributed by atoms with Gasteiger partial charge in [-0.1, -0.05) is 42.5 Å². The molecule has 2 heterocycles. The van der Waals surface area contributed by atoms with Crippen molar-refractivity contribution in [1.82, 2.24) is 14.8 Å². The van der Waals surface area contributed by atoms with Crippen LogP contribution in [0.3, 0.4) is 0 Å². The molecule has 0 aliphatic rings.